The van der Waals surface area contributed by atoms with Crippen molar-refractivity contribution in [2.45, 2.75) is 13.5 Å². The summed E-state index contributed by atoms with van der Waals surface area (Å²) in [5.41, 5.74) is 0.934. The standard InChI is InChI=1S/C21H30N6O2S.HI/c1-2-22-21(27-15-13-26(14-16-27)20-10-6-7-11-23-20)24-12-17-30(28,29)25-18-19-8-4-3-5-9-19;/h3-11,25H,2,12-18H2,1H3,(H,22,24);1H. The third-order valence-corrected chi connectivity index (χ3v) is 6.15. The van der Waals surface area contributed by atoms with Crippen LogP contribution in [0.2, 0.25) is 0 Å². The summed E-state index contributed by atoms with van der Waals surface area (Å²) in [6.07, 6.45) is 1.81. The van der Waals surface area contributed by atoms with Gasteiger partial charge in [-0.15, -0.1) is 24.0 Å². The highest BCUT2D eigenvalue weighted by Gasteiger charge is 2.20. The van der Waals surface area contributed by atoms with Gasteiger partial charge in [-0.3, -0.25) is 4.99 Å². The average molecular weight is 558 g/mol. The fourth-order valence-electron chi connectivity index (χ4n) is 3.25. The Kier molecular flexibility index (Phi) is 10.5. The van der Waals surface area contributed by atoms with Gasteiger partial charge in [0.25, 0.3) is 0 Å². The van der Waals surface area contributed by atoms with Gasteiger partial charge >= 0.3 is 0 Å². The van der Waals surface area contributed by atoms with Crippen LogP contribution in [0.5, 0.6) is 0 Å². The van der Waals surface area contributed by atoms with E-state index in [4.69, 9.17) is 0 Å². The third-order valence-electron chi connectivity index (χ3n) is 4.85. The van der Waals surface area contributed by atoms with Crippen molar-refractivity contribution in [1.82, 2.24) is 19.9 Å². The van der Waals surface area contributed by atoms with Crippen molar-refractivity contribution in [2.75, 3.05) is 49.9 Å². The molecule has 0 spiro atoms. The number of rotatable bonds is 8. The minimum atomic E-state index is -3.39. The molecule has 0 saturated carbocycles. The van der Waals surface area contributed by atoms with Crippen molar-refractivity contribution < 1.29 is 8.42 Å². The van der Waals surface area contributed by atoms with E-state index in [1.54, 1.807) is 6.20 Å². The number of nitrogens with one attached hydrogen (secondary N) is 2. The molecule has 2 aromatic rings. The molecule has 0 bridgehead atoms. The van der Waals surface area contributed by atoms with Crippen molar-refractivity contribution in [3.63, 3.8) is 0 Å². The molecule has 31 heavy (non-hydrogen) atoms. The van der Waals surface area contributed by atoms with Gasteiger partial charge in [0.1, 0.15) is 5.82 Å². The van der Waals surface area contributed by atoms with Crippen molar-refractivity contribution in [3.05, 3.63) is 60.3 Å². The van der Waals surface area contributed by atoms with Gasteiger partial charge in [0.05, 0.1) is 12.3 Å². The highest BCUT2D eigenvalue weighted by molar-refractivity contribution is 14.0. The highest BCUT2D eigenvalue weighted by atomic mass is 127. The van der Waals surface area contributed by atoms with Gasteiger partial charge in [-0.25, -0.2) is 18.1 Å². The van der Waals surface area contributed by atoms with E-state index < -0.39 is 10.0 Å². The molecule has 0 aliphatic carbocycles. The summed E-state index contributed by atoms with van der Waals surface area (Å²) in [5.74, 6) is 1.70. The molecular weight excluding hydrogens is 527 g/mol. The van der Waals surface area contributed by atoms with E-state index >= 15 is 0 Å². The van der Waals surface area contributed by atoms with E-state index in [-0.39, 0.29) is 36.3 Å². The third kappa shape index (κ3) is 8.26. The number of halogens is 1. The summed E-state index contributed by atoms with van der Waals surface area (Å²) in [6.45, 7) is 6.56. The highest BCUT2D eigenvalue weighted by Crippen LogP contribution is 2.12. The maximum atomic E-state index is 12.3. The molecule has 1 aromatic carbocycles. The lowest BCUT2D eigenvalue weighted by molar-refractivity contribution is 0.372. The van der Waals surface area contributed by atoms with Gasteiger partial charge in [0, 0.05) is 45.5 Å². The fourth-order valence-corrected chi connectivity index (χ4v) is 4.11. The number of hydrogen-bond acceptors (Lipinski definition) is 5. The zero-order valence-corrected chi connectivity index (χ0v) is 20.9. The number of hydrogen-bond donors (Lipinski definition) is 2. The van der Waals surface area contributed by atoms with E-state index in [0.717, 1.165) is 50.1 Å². The second-order valence-corrected chi connectivity index (χ2v) is 8.95. The number of piperazine rings is 1. The molecule has 1 fully saturated rings. The molecule has 0 amide bonds. The zero-order chi connectivity index (χ0) is 21.2. The second kappa shape index (κ2) is 12.8. The van der Waals surface area contributed by atoms with Gasteiger partial charge in [-0.1, -0.05) is 36.4 Å². The summed E-state index contributed by atoms with van der Waals surface area (Å²) >= 11 is 0. The first-order chi connectivity index (χ1) is 14.6. The van der Waals surface area contributed by atoms with E-state index in [0.29, 0.717) is 6.54 Å². The van der Waals surface area contributed by atoms with Crippen molar-refractivity contribution in [1.29, 1.82) is 0 Å². The largest absolute Gasteiger partial charge is 0.357 e. The summed E-state index contributed by atoms with van der Waals surface area (Å²) in [4.78, 5) is 13.4. The Bertz CT molecular complexity index is 904. The number of sulfonamides is 1. The van der Waals surface area contributed by atoms with E-state index in [9.17, 15) is 8.42 Å². The minimum absolute atomic E-state index is 0. The van der Waals surface area contributed by atoms with Crippen LogP contribution in [0.3, 0.4) is 0 Å². The first-order valence-corrected chi connectivity index (χ1v) is 11.9. The molecule has 170 valence electrons. The number of pyridine rings is 1. The Balaban J connectivity index is 0.00000341. The van der Waals surface area contributed by atoms with E-state index in [1.807, 2.05) is 55.5 Å². The molecule has 0 atom stereocenters. The molecule has 1 aromatic heterocycles. The lowest BCUT2D eigenvalue weighted by Gasteiger charge is -2.37. The monoisotopic (exact) mass is 558 g/mol. The Labute approximate surface area is 202 Å². The Morgan fingerprint density at radius 1 is 1.06 bits per heavy atom. The Morgan fingerprint density at radius 2 is 1.77 bits per heavy atom. The first-order valence-electron chi connectivity index (χ1n) is 10.3. The van der Waals surface area contributed by atoms with E-state index in [2.05, 4.69) is 29.8 Å². The molecule has 2 heterocycles. The van der Waals surface area contributed by atoms with E-state index in [1.165, 1.54) is 0 Å². The fraction of sp³-hybridized carbons (Fsp3) is 0.429. The number of aromatic nitrogens is 1. The molecule has 0 unspecified atom stereocenters. The number of anilines is 1. The molecule has 1 aliphatic rings. The van der Waals surface area contributed by atoms with Crippen LogP contribution in [0.15, 0.2) is 59.7 Å². The summed E-state index contributed by atoms with van der Waals surface area (Å²) in [6, 6.07) is 15.4. The molecule has 3 rings (SSSR count). The summed E-state index contributed by atoms with van der Waals surface area (Å²) in [7, 11) is -3.39. The normalized spacial score (nSPS) is 14.8. The molecule has 1 aliphatic heterocycles. The molecule has 1 saturated heterocycles. The molecule has 2 N–H and O–H groups in total. The molecular formula is C21H31IN6O2S. The number of guanidine groups is 1. The Hall–Kier alpha value is -1.92. The predicted molar refractivity (Wildman–Crippen MR) is 136 cm³/mol. The van der Waals surface area contributed by atoms with Gasteiger partial charge in [-0.2, -0.15) is 0 Å². The lowest BCUT2D eigenvalue weighted by atomic mass is 10.2. The smallest absolute Gasteiger partial charge is 0.213 e. The van der Waals surface area contributed by atoms with Crippen LogP contribution in [-0.4, -0.2) is 69.3 Å². The zero-order valence-electron chi connectivity index (χ0n) is 17.8. The second-order valence-electron chi connectivity index (χ2n) is 7.02. The average Bonchev–Trinajstić information content (AvgIpc) is 2.79. The van der Waals surface area contributed by atoms with Crippen LogP contribution in [0.25, 0.3) is 0 Å². The summed E-state index contributed by atoms with van der Waals surface area (Å²) < 4.78 is 27.2. The maximum absolute atomic E-state index is 12.3. The number of aliphatic imine (C=N–C) groups is 1. The van der Waals surface area contributed by atoms with Crippen molar-refractivity contribution >= 4 is 45.8 Å². The lowest BCUT2D eigenvalue weighted by Crippen LogP contribution is -2.52. The van der Waals surface area contributed by atoms with Crippen LogP contribution in [-0.2, 0) is 16.6 Å². The van der Waals surface area contributed by atoms with Crippen LogP contribution in [0, 0.1) is 0 Å². The minimum Gasteiger partial charge on any atom is -0.357 e. The SMILES string of the molecule is CCNC(=NCCS(=O)(=O)NCc1ccccc1)N1CCN(c2ccccn2)CC1.I. The maximum Gasteiger partial charge on any atom is 0.213 e. The molecule has 0 radical (unpaired) electrons. The molecule has 8 nitrogen and oxygen atoms in total. The first kappa shape index (κ1) is 25.3. The molecule has 10 heteroatoms. The van der Waals surface area contributed by atoms with Crippen LogP contribution < -0.4 is 14.9 Å². The van der Waals surface area contributed by atoms with Crippen LogP contribution >= 0.6 is 24.0 Å². The van der Waals surface area contributed by atoms with Gasteiger partial charge in [0.2, 0.25) is 10.0 Å². The topological polar surface area (TPSA) is 89.9 Å². The Morgan fingerprint density at radius 3 is 2.42 bits per heavy atom. The van der Waals surface area contributed by atoms with Crippen molar-refractivity contribution in [2.24, 2.45) is 4.99 Å². The predicted octanol–water partition coefficient (Wildman–Crippen LogP) is 1.91. The number of nitrogens with zero attached hydrogens (tertiary/aromatic N) is 4. The van der Waals surface area contributed by atoms with Crippen molar-refractivity contribution in [3.8, 4) is 0 Å². The quantitative estimate of drug-likeness (QED) is 0.293. The van der Waals surface area contributed by atoms with Gasteiger partial charge in [-0.05, 0) is 24.6 Å². The van der Waals surface area contributed by atoms with Gasteiger partial charge < -0.3 is 15.1 Å². The van der Waals surface area contributed by atoms with Crippen LogP contribution in [0.4, 0.5) is 5.82 Å². The number of benzene rings is 1. The van der Waals surface area contributed by atoms with Gasteiger partial charge in [0.15, 0.2) is 5.96 Å². The van der Waals surface area contributed by atoms with Crippen LogP contribution in [0.1, 0.15) is 12.5 Å². The summed E-state index contributed by atoms with van der Waals surface area (Å²) in [5, 5.41) is 3.28.